The average Bonchev–Trinajstić information content (AvgIpc) is 3.47. The molecule has 0 unspecified atom stereocenters. The van der Waals surface area contributed by atoms with E-state index in [0.29, 0.717) is 11.7 Å². The lowest BCUT2D eigenvalue weighted by atomic mass is 10.2. The highest BCUT2D eigenvalue weighted by atomic mass is 35.5. The molecule has 7 heteroatoms. The van der Waals surface area contributed by atoms with Crippen molar-refractivity contribution < 1.29 is 4.79 Å². The second-order valence-electron chi connectivity index (χ2n) is 6.48. The molecule has 1 amide bonds. The number of carbonyl (C=O) groups excluding carboxylic acids is 1. The summed E-state index contributed by atoms with van der Waals surface area (Å²) in [5.74, 6) is 0.249. The molecule has 138 valence electrons. The predicted octanol–water partition coefficient (Wildman–Crippen LogP) is 4.67. The zero-order chi connectivity index (χ0) is 18.6. The normalized spacial score (nSPS) is 13.5. The van der Waals surface area contributed by atoms with E-state index in [4.69, 9.17) is 11.6 Å². The Morgan fingerprint density at radius 1 is 1.15 bits per heavy atom. The van der Waals surface area contributed by atoms with Crippen molar-refractivity contribution in [2.75, 3.05) is 5.32 Å². The van der Waals surface area contributed by atoms with Crippen LogP contribution < -0.4 is 5.32 Å². The standard InChI is InChI=1S/C20H19ClN4OS/c21-19-23-20(25(24-19)13-12-14-6-2-1-3-7-14)27-17-9-5-4-8-16(17)22-18(26)15-10-11-15/h1-9,15H,10-13H2,(H,22,26). The Hall–Kier alpha value is -2.31. The van der Waals surface area contributed by atoms with E-state index in [0.717, 1.165) is 29.8 Å². The molecule has 1 aromatic heterocycles. The highest BCUT2D eigenvalue weighted by molar-refractivity contribution is 7.99. The fourth-order valence-corrected chi connectivity index (χ4v) is 3.90. The first-order chi connectivity index (χ1) is 13.2. The maximum absolute atomic E-state index is 12.1. The Morgan fingerprint density at radius 3 is 2.67 bits per heavy atom. The topological polar surface area (TPSA) is 59.8 Å². The molecule has 0 aliphatic heterocycles. The van der Waals surface area contributed by atoms with Crippen molar-refractivity contribution in [1.82, 2.24) is 14.8 Å². The Balaban J connectivity index is 1.50. The number of halogens is 1. The Bertz CT molecular complexity index is 940. The van der Waals surface area contributed by atoms with Crippen LogP contribution in [0.2, 0.25) is 5.28 Å². The van der Waals surface area contributed by atoms with E-state index in [2.05, 4.69) is 27.5 Å². The largest absolute Gasteiger partial charge is 0.325 e. The fraction of sp³-hybridized carbons (Fsp3) is 0.250. The van der Waals surface area contributed by atoms with Crippen LogP contribution in [0.1, 0.15) is 18.4 Å². The lowest BCUT2D eigenvalue weighted by Crippen LogP contribution is -2.14. The van der Waals surface area contributed by atoms with Gasteiger partial charge in [-0.2, -0.15) is 4.98 Å². The molecule has 3 aromatic rings. The Morgan fingerprint density at radius 2 is 1.89 bits per heavy atom. The van der Waals surface area contributed by atoms with Gasteiger partial charge in [-0.25, -0.2) is 4.68 Å². The van der Waals surface area contributed by atoms with Gasteiger partial charge in [0.2, 0.25) is 11.2 Å². The van der Waals surface area contributed by atoms with Crippen LogP contribution in [-0.2, 0) is 17.8 Å². The molecule has 0 radical (unpaired) electrons. The molecule has 1 heterocycles. The molecule has 0 spiro atoms. The van der Waals surface area contributed by atoms with Crippen molar-refractivity contribution in [3.05, 3.63) is 65.4 Å². The van der Waals surface area contributed by atoms with Crippen LogP contribution in [0.4, 0.5) is 5.69 Å². The minimum Gasteiger partial charge on any atom is -0.325 e. The van der Waals surface area contributed by atoms with Gasteiger partial charge in [0, 0.05) is 17.4 Å². The number of anilines is 1. The molecular weight excluding hydrogens is 380 g/mol. The highest BCUT2D eigenvalue weighted by Crippen LogP contribution is 2.35. The number of hydrogen-bond donors (Lipinski definition) is 1. The maximum atomic E-state index is 12.1. The van der Waals surface area contributed by atoms with E-state index in [1.54, 1.807) is 0 Å². The SMILES string of the molecule is O=C(Nc1ccccc1Sc1nc(Cl)nn1CCc1ccccc1)C1CC1. The minimum absolute atomic E-state index is 0.0895. The van der Waals surface area contributed by atoms with Crippen molar-refractivity contribution in [3.8, 4) is 0 Å². The molecule has 5 nitrogen and oxygen atoms in total. The van der Waals surface area contributed by atoms with Crippen LogP contribution in [0.5, 0.6) is 0 Å². The zero-order valence-corrected chi connectivity index (χ0v) is 16.2. The second kappa shape index (κ2) is 8.15. The third-order valence-electron chi connectivity index (χ3n) is 4.36. The monoisotopic (exact) mass is 398 g/mol. The minimum atomic E-state index is 0.0895. The van der Waals surface area contributed by atoms with Gasteiger partial charge < -0.3 is 5.32 Å². The van der Waals surface area contributed by atoms with Gasteiger partial charge in [0.05, 0.1) is 5.69 Å². The predicted molar refractivity (Wildman–Crippen MR) is 107 cm³/mol. The fourth-order valence-electron chi connectivity index (χ4n) is 2.74. The summed E-state index contributed by atoms with van der Waals surface area (Å²) in [7, 11) is 0. The molecule has 2 aromatic carbocycles. The smallest absolute Gasteiger partial charge is 0.243 e. The summed E-state index contributed by atoms with van der Waals surface area (Å²) < 4.78 is 1.82. The van der Waals surface area contributed by atoms with E-state index in [1.165, 1.54) is 17.3 Å². The molecule has 1 aliphatic rings. The molecule has 1 aliphatic carbocycles. The summed E-state index contributed by atoms with van der Waals surface area (Å²) in [5, 5.41) is 8.28. The van der Waals surface area contributed by atoms with Crippen LogP contribution in [0.15, 0.2) is 64.6 Å². The summed E-state index contributed by atoms with van der Waals surface area (Å²) in [6, 6.07) is 18.0. The first kappa shape index (κ1) is 18.1. The summed E-state index contributed by atoms with van der Waals surface area (Å²) in [5.41, 5.74) is 2.03. The number of aryl methyl sites for hydroxylation is 2. The Labute approximate surface area is 167 Å². The number of amides is 1. The van der Waals surface area contributed by atoms with E-state index < -0.39 is 0 Å². The van der Waals surface area contributed by atoms with Crippen LogP contribution in [0.25, 0.3) is 0 Å². The lowest BCUT2D eigenvalue weighted by molar-refractivity contribution is -0.117. The number of aromatic nitrogens is 3. The first-order valence-electron chi connectivity index (χ1n) is 8.91. The van der Waals surface area contributed by atoms with Crippen molar-refractivity contribution in [3.63, 3.8) is 0 Å². The first-order valence-corrected chi connectivity index (χ1v) is 10.1. The molecule has 27 heavy (non-hydrogen) atoms. The zero-order valence-electron chi connectivity index (χ0n) is 14.6. The van der Waals surface area contributed by atoms with Crippen molar-refractivity contribution >= 4 is 35.0 Å². The van der Waals surface area contributed by atoms with Crippen LogP contribution in [0.3, 0.4) is 0 Å². The second-order valence-corrected chi connectivity index (χ2v) is 7.83. The van der Waals surface area contributed by atoms with E-state index in [-0.39, 0.29) is 17.1 Å². The van der Waals surface area contributed by atoms with Crippen LogP contribution in [-0.4, -0.2) is 20.7 Å². The van der Waals surface area contributed by atoms with Crippen molar-refractivity contribution in [2.24, 2.45) is 5.92 Å². The van der Waals surface area contributed by atoms with Gasteiger partial charge in [0.25, 0.3) is 0 Å². The van der Waals surface area contributed by atoms with Gasteiger partial charge in [-0.15, -0.1) is 5.10 Å². The van der Waals surface area contributed by atoms with Crippen molar-refractivity contribution in [2.45, 2.75) is 35.9 Å². The molecular formula is C20H19ClN4OS. The summed E-state index contributed by atoms with van der Waals surface area (Å²) >= 11 is 7.52. The quantitative estimate of drug-likeness (QED) is 0.628. The lowest BCUT2D eigenvalue weighted by Gasteiger charge is -2.11. The third kappa shape index (κ3) is 4.70. The number of para-hydroxylation sites is 1. The molecule has 0 bridgehead atoms. The van der Waals surface area contributed by atoms with Crippen molar-refractivity contribution in [1.29, 1.82) is 0 Å². The summed E-state index contributed by atoms with van der Waals surface area (Å²) in [6.45, 7) is 0.683. The number of rotatable bonds is 7. The number of nitrogens with one attached hydrogen (secondary N) is 1. The van der Waals surface area contributed by atoms with Crippen LogP contribution in [0, 0.1) is 5.92 Å². The van der Waals surface area contributed by atoms with Gasteiger partial charge in [0.1, 0.15) is 0 Å². The van der Waals surface area contributed by atoms with Gasteiger partial charge in [-0.3, -0.25) is 4.79 Å². The molecule has 1 fully saturated rings. The highest BCUT2D eigenvalue weighted by Gasteiger charge is 2.30. The maximum Gasteiger partial charge on any atom is 0.243 e. The van der Waals surface area contributed by atoms with Gasteiger partial charge in [-0.1, -0.05) is 42.5 Å². The number of benzene rings is 2. The van der Waals surface area contributed by atoms with Gasteiger partial charge in [-0.05, 0) is 60.3 Å². The molecule has 0 atom stereocenters. The molecule has 0 saturated heterocycles. The third-order valence-corrected chi connectivity index (χ3v) is 5.58. The number of nitrogens with zero attached hydrogens (tertiary/aromatic N) is 3. The number of carbonyl (C=O) groups is 1. The average molecular weight is 399 g/mol. The van der Waals surface area contributed by atoms with E-state index in [9.17, 15) is 4.79 Å². The van der Waals surface area contributed by atoms with Gasteiger partial charge in [0.15, 0.2) is 5.16 Å². The molecule has 4 rings (SSSR count). The molecule has 1 saturated carbocycles. The van der Waals surface area contributed by atoms with Crippen LogP contribution >= 0.6 is 23.4 Å². The molecule has 1 N–H and O–H groups in total. The van der Waals surface area contributed by atoms with E-state index >= 15 is 0 Å². The Kier molecular flexibility index (Phi) is 5.45. The summed E-state index contributed by atoms with van der Waals surface area (Å²) in [6.07, 6.45) is 2.79. The number of hydrogen-bond acceptors (Lipinski definition) is 4. The summed E-state index contributed by atoms with van der Waals surface area (Å²) in [4.78, 5) is 17.4. The van der Waals surface area contributed by atoms with Gasteiger partial charge >= 0.3 is 0 Å². The van der Waals surface area contributed by atoms with E-state index in [1.807, 2.05) is 47.1 Å².